The van der Waals surface area contributed by atoms with Crippen molar-refractivity contribution in [1.82, 2.24) is 25.4 Å². The van der Waals surface area contributed by atoms with Crippen LogP contribution in [0.3, 0.4) is 0 Å². The largest absolute Gasteiger partial charge is 0.356 e. The first kappa shape index (κ1) is 23.9. The SMILES string of the molecule is CCC(CC)(CNC(=NC)NCc1nncn1-c1ccccc1)c1ccccc1.I. The average Bonchev–Trinajstić information content (AvgIpc) is 3.26. The summed E-state index contributed by atoms with van der Waals surface area (Å²) in [6.45, 7) is 5.84. The highest BCUT2D eigenvalue weighted by Gasteiger charge is 2.28. The molecule has 0 radical (unpaired) electrons. The number of para-hydroxylation sites is 1. The second-order valence-corrected chi connectivity index (χ2v) is 7.09. The molecule has 2 N–H and O–H groups in total. The van der Waals surface area contributed by atoms with Gasteiger partial charge in [-0.05, 0) is 30.5 Å². The molecule has 160 valence electrons. The third-order valence-electron chi connectivity index (χ3n) is 5.62. The fourth-order valence-corrected chi connectivity index (χ4v) is 3.62. The Kier molecular flexibility index (Phi) is 9.29. The standard InChI is InChI=1S/C23H30N6.HI/c1-4-23(5-2,19-12-8-6-9-13-19)17-26-22(24-3)25-16-21-28-27-18-29(21)20-14-10-7-11-15-20;/h6-15,18H,4-5,16-17H2,1-3H3,(H2,24,25,26);1H. The zero-order valence-electron chi connectivity index (χ0n) is 17.9. The Bertz CT molecular complexity index is 904. The van der Waals surface area contributed by atoms with Crippen LogP contribution in [0.15, 0.2) is 72.0 Å². The fraction of sp³-hybridized carbons (Fsp3) is 0.348. The van der Waals surface area contributed by atoms with E-state index in [-0.39, 0.29) is 29.4 Å². The molecule has 30 heavy (non-hydrogen) atoms. The van der Waals surface area contributed by atoms with Gasteiger partial charge in [0.25, 0.3) is 0 Å². The molecule has 6 nitrogen and oxygen atoms in total. The van der Waals surface area contributed by atoms with Gasteiger partial charge in [0.1, 0.15) is 6.33 Å². The lowest BCUT2D eigenvalue weighted by molar-refractivity contribution is 0.389. The van der Waals surface area contributed by atoms with Crippen molar-refractivity contribution >= 4 is 29.9 Å². The van der Waals surface area contributed by atoms with Gasteiger partial charge in [-0.2, -0.15) is 0 Å². The minimum absolute atomic E-state index is 0. The van der Waals surface area contributed by atoms with Crippen LogP contribution in [0.4, 0.5) is 0 Å². The van der Waals surface area contributed by atoms with Crippen LogP contribution in [0, 0.1) is 0 Å². The highest BCUT2D eigenvalue weighted by molar-refractivity contribution is 14.0. The number of aromatic nitrogens is 3. The molecule has 1 heterocycles. The summed E-state index contributed by atoms with van der Waals surface area (Å²) in [6.07, 6.45) is 3.84. The van der Waals surface area contributed by atoms with Gasteiger partial charge in [0.2, 0.25) is 0 Å². The first-order valence-corrected chi connectivity index (χ1v) is 10.2. The summed E-state index contributed by atoms with van der Waals surface area (Å²) < 4.78 is 1.98. The quantitative estimate of drug-likeness (QED) is 0.265. The second-order valence-electron chi connectivity index (χ2n) is 7.09. The van der Waals surface area contributed by atoms with Crippen molar-refractivity contribution in [2.24, 2.45) is 4.99 Å². The molecule has 2 aromatic carbocycles. The van der Waals surface area contributed by atoms with Crippen LogP contribution in [0.5, 0.6) is 0 Å². The number of halogens is 1. The summed E-state index contributed by atoms with van der Waals surface area (Å²) in [5, 5.41) is 15.2. The molecule has 0 fully saturated rings. The van der Waals surface area contributed by atoms with Crippen molar-refractivity contribution in [2.75, 3.05) is 13.6 Å². The minimum Gasteiger partial charge on any atom is -0.356 e. The third-order valence-corrected chi connectivity index (χ3v) is 5.62. The van der Waals surface area contributed by atoms with Crippen molar-refractivity contribution in [2.45, 2.75) is 38.6 Å². The number of nitrogens with zero attached hydrogens (tertiary/aromatic N) is 4. The zero-order valence-corrected chi connectivity index (χ0v) is 20.2. The van der Waals surface area contributed by atoms with E-state index in [0.29, 0.717) is 6.54 Å². The molecule has 0 aliphatic rings. The molecule has 1 aromatic heterocycles. The minimum atomic E-state index is 0. The lowest BCUT2D eigenvalue weighted by atomic mass is 9.76. The Morgan fingerprint density at radius 1 is 0.967 bits per heavy atom. The number of guanidine groups is 1. The highest BCUT2D eigenvalue weighted by Crippen LogP contribution is 2.30. The van der Waals surface area contributed by atoms with E-state index in [2.05, 4.69) is 70.0 Å². The lowest BCUT2D eigenvalue weighted by Gasteiger charge is -2.33. The van der Waals surface area contributed by atoms with Crippen LogP contribution in [0.1, 0.15) is 38.1 Å². The summed E-state index contributed by atoms with van der Waals surface area (Å²) in [6, 6.07) is 20.8. The van der Waals surface area contributed by atoms with Gasteiger partial charge in [0.05, 0.1) is 6.54 Å². The lowest BCUT2D eigenvalue weighted by Crippen LogP contribution is -2.45. The summed E-state index contributed by atoms with van der Waals surface area (Å²) in [7, 11) is 1.79. The topological polar surface area (TPSA) is 67.1 Å². The van der Waals surface area contributed by atoms with Crippen molar-refractivity contribution in [3.8, 4) is 5.69 Å². The Morgan fingerprint density at radius 2 is 1.60 bits per heavy atom. The van der Waals surface area contributed by atoms with E-state index in [1.807, 2.05) is 34.9 Å². The molecule has 0 saturated heterocycles. The highest BCUT2D eigenvalue weighted by atomic mass is 127. The van der Waals surface area contributed by atoms with E-state index in [4.69, 9.17) is 0 Å². The third kappa shape index (κ3) is 5.59. The molecular formula is C23H31IN6. The predicted octanol–water partition coefficient (Wildman–Crippen LogP) is 4.31. The summed E-state index contributed by atoms with van der Waals surface area (Å²) in [4.78, 5) is 4.39. The average molecular weight is 518 g/mol. The van der Waals surface area contributed by atoms with Crippen LogP contribution in [-0.4, -0.2) is 34.3 Å². The molecule has 0 atom stereocenters. The number of benzene rings is 2. The van der Waals surface area contributed by atoms with E-state index in [9.17, 15) is 0 Å². The van der Waals surface area contributed by atoms with Gasteiger partial charge < -0.3 is 10.6 Å². The molecule has 3 aromatic rings. The summed E-state index contributed by atoms with van der Waals surface area (Å²) in [5.74, 6) is 1.59. The Hall–Kier alpha value is -2.42. The summed E-state index contributed by atoms with van der Waals surface area (Å²) in [5.41, 5.74) is 2.47. The molecule has 0 aliphatic heterocycles. The fourth-order valence-electron chi connectivity index (χ4n) is 3.62. The maximum absolute atomic E-state index is 4.39. The number of nitrogens with one attached hydrogen (secondary N) is 2. The van der Waals surface area contributed by atoms with Crippen LogP contribution in [-0.2, 0) is 12.0 Å². The number of rotatable bonds is 8. The van der Waals surface area contributed by atoms with Gasteiger partial charge in [-0.1, -0.05) is 62.4 Å². The van der Waals surface area contributed by atoms with Crippen LogP contribution in [0.25, 0.3) is 5.69 Å². The molecule has 0 saturated carbocycles. The molecule has 0 unspecified atom stereocenters. The smallest absolute Gasteiger partial charge is 0.191 e. The molecule has 0 aliphatic carbocycles. The van der Waals surface area contributed by atoms with Gasteiger partial charge in [0.15, 0.2) is 11.8 Å². The van der Waals surface area contributed by atoms with Gasteiger partial charge >= 0.3 is 0 Å². The Morgan fingerprint density at radius 3 is 2.20 bits per heavy atom. The molecule has 3 rings (SSSR count). The molecule has 7 heteroatoms. The van der Waals surface area contributed by atoms with E-state index in [1.54, 1.807) is 13.4 Å². The maximum Gasteiger partial charge on any atom is 0.191 e. The summed E-state index contributed by atoms with van der Waals surface area (Å²) >= 11 is 0. The first-order chi connectivity index (χ1) is 14.2. The van der Waals surface area contributed by atoms with E-state index >= 15 is 0 Å². The van der Waals surface area contributed by atoms with E-state index in [1.165, 1.54) is 5.56 Å². The van der Waals surface area contributed by atoms with Gasteiger partial charge in [-0.15, -0.1) is 34.2 Å². The number of hydrogen-bond acceptors (Lipinski definition) is 3. The van der Waals surface area contributed by atoms with Gasteiger partial charge in [-0.25, -0.2) is 0 Å². The van der Waals surface area contributed by atoms with Crippen LogP contribution >= 0.6 is 24.0 Å². The van der Waals surface area contributed by atoms with Crippen LogP contribution < -0.4 is 10.6 Å². The zero-order chi connectivity index (χ0) is 20.5. The van der Waals surface area contributed by atoms with Crippen molar-refractivity contribution < 1.29 is 0 Å². The maximum atomic E-state index is 4.39. The number of hydrogen-bond donors (Lipinski definition) is 2. The normalized spacial score (nSPS) is 11.6. The first-order valence-electron chi connectivity index (χ1n) is 10.2. The van der Waals surface area contributed by atoms with Crippen molar-refractivity contribution in [3.63, 3.8) is 0 Å². The number of aliphatic imine (C=N–C) groups is 1. The molecule has 0 amide bonds. The van der Waals surface area contributed by atoms with Gasteiger partial charge in [-0.3, -0.25) is 9.56 Å². The monoisotopic (exact) mass is 518 g/mol. The second kappa shape index (κ2) is 11.7. The molecular weight excluding hydrogens is 487 g/mol. The van der Waals surface area contributed by atoms with Crippen molar-refractivity contribution in [3.05, 3.63) is 78.4 Å². The van der Waals surface area contributed by atoms with Crippen LogP contribution in [0.2, 0.25) is 0 Å². The predicted molar refractivity (Wildman–Crippen MR) is 134 cm³/mol. The Balaban J connectivity index is 0.00000320. The van der Waals surface area contributed by atoms with E-state index < -0.39 is 0 Å². The Labute approximate surface area is 196 Å². The molecule has 0 bridgehead atoms. The van der Waals surface area contributed by atoms with Gasteiger partial charge in [0, 0.05) is 24.7 Å². The van der Waals surface area contributed by atoms with E-state index in [0.717, 1.165) is 36.9 Å². The van der Waals surface area contributed by atoms with Crippen molar-refractivity contribution in [1.29, 1.82) is 0 Å². The molecule has 0 spiro atoms.